The van der Waals surface area contributed by atoms with Crippen LogP contribution in [0.2, 0.25) is 0 Å². The molecule has 2 N–H and O–H groups in total. The van der Waals surface area contributed by atoms with E-state index in [0.717, 1.165) is 38.5 Å². The number of hydrogen-bond donors (Lipinski definition) is 2. The molecular formula is C20H27NO3. The summed E-state index contributed by atoms with van der Waals surface area (Å²) in [5, 5.41) is 12.7. The van der Waals surface area contributed by atoms with Crippen LogP contribution in [0.15, 0.2) is 30.3 Å². The Bertz CT molecular complexity index is 578. The first-order valence-electron chi connectivity index (χ1n) is 9.13. The van der Waals surface area contributed by atoms with Gasteiger partial charge in [0.15, 0.2) is 0 Å². The Kier molecular flexibility index (Phi) is 5.22. The minimum Gasteiger partial charge on any atom is -0.481 e. The molecule has 3 aliphatic carbocycles. The van der Waals surface area contributed by atoms with E-state index in [1.807, 2.05) is 25.1 Å². The predicted molar refractivity (Wildman–Crippen MR) is 92.4 cm³/mol. The highest BCUT2D eigenvalue weighted by Gasteiger charge is 2.50. The molecule has 1 aromatic rings. The number of hydrogen-bond acceptors (Lipinski definition) is 2. The van der Waals surface area contributed by atoms with Crippen LogP contribution in [0.3, 0.4) is 0 Å². The molecule has 3 fully saturated rings. The lowest BCUT2D eigenvalue weighted by Gasteiger charge is -2.46. The van der Waals surface area contributed by atoms with Crippen molar-refractivity contribution in [1.82, 2.24) is 5.32 Å². The van der Waals surface area contributed by atoms with E-state index in [-0.39, 0.29) is 29.7 Å². The Morgan fingerprint density at radius 2 is 1.67 bits per heavy atom. The first kappa shape index (κ1) is 17.0. The highest BCUT2D eigenvalue weighted by Crippen LogP contribution is 2.49. The van der Waals surface area contributed by atoms with Crippen molar-refractivity contribution >= 4 is 11.9 Å². The number of carbonyl (C=O) groups excluding carboxylic acids is 1. The topological polar surface area (TPSA) is 66.4 Å². The Morgan fingerprint density at radius 1 is 1.08 bits per heavy atom. The highest BCUT2D eigenvalue weighted by atomic mass is 16.4. The van der Waals surface area contributed by atoms with E-state index in [2.05, 4.69) is 17.4 Å². The van der Waals surface area contributed by atoms with Gasteiger partial charge in [0.1, 0.15) is 0 Å². The van der Waals surface area contributed by atoms with Gasteiger partial charge in [-0.25, -0.2) is 0 Å². The number of carboxylic acids is 1. The van der Waals surface area contributed by atoms with Crippen LogP contribution in [0.4, 0.5) is 0 Å². The number of amides is 1. The van der Waals surface area contributed by atoms with Crippen LogP contribution < -0.4 is 5.32 Å². The smallest absolute Gasteiger partial charge is 0.307 e. The summed E-state index contributed by atoms with van der Waals surface area (Å²) in [4.78, 5) is 24.4. The molecule has 0 aliphatic heterocycles. The fourth-order valence-corrected chi connectivity index (χ4v) is 4.62. The summed E-state index contributed by atoms with van der Waals surface area (Å²) < 4.78 is 0. The molecule has 3 atom stereocenters. The molecular weight excluding hydrogens is 302 g/mol. The van der Waals surface area contributed by atoms with Gasteiger partial charge in [-0.15, -0.1) is 0 Å². The average Bonchev–Trinajstić information content (AvgIpc) is 2.61. The third-order valence-electron chi connectivity index (χ3n) is 5.90. The van der Waals surface area contributed by atoms with Gasteiger partial charge < -0.3 is 10.4 Å². The molecule has 0 aromatic heterocycles. The molecule has 130 valence electrons. The van der Waals surface area contributed by atoms with E-state index in [9.17, 15) is 14.7 Å². The molecule has 0 heterocycles. The summed E-state index contributed by atoms with van der Waals surface area (Å²) in [6.45, 7) is 2.01. The lowest BCUT2D eigenvalue weighted by atomic mass is 9.58. The van der Waals surface area contributed by atoms with Crippen LogP contribution in [0.1, 0.15) is 44.6 Å². The Morgan fingerprint density at radius 3 is 2.25 bits per heavy atom. The molecule has 3 saturated carbocycles. The lowest BCUT2D eigenvalue weighted by Crippen LogP contribution is -2.52. The minimum absolute atomic E-state index is 0.0441. The van der Waals surface area contributed by atoms with Crippen LogP contribution in [0.25, 0.3) is 0 Å². The average molecular weight is 329 g/mol. The number of carbonyl (C=O) groups is 2. The Labute approximate surface area is 143 Å². The number of aryl methyl sites for hydroxylation is 1. The van der Waals surface area contributed by atoms with Crippen LogP contribution in [-0.4, -0.2) is 23.0 Å². The first-order valence-corrected chi connectivity index (χ1v) is 9.13. The monoisotopic (exact) mass is 329 g/mol. The number of carboxylic acid groups (broad SMARTS) is 1. The molecule has 0 unspecified atom stereocenters. The fraction of sp³-hybridized carbons (Fsp3) is 0.600. The van der Waals surface area contributed by atoms with Gasteiger partial charge in [0, 0.05) is 6.04 Å². The van der Waals surface area contributed by atoms with Crippen molar-refractivity contribution in [3.8, 4) is 0 Å². The lowest BCUT2D eigenvalue weighted by molar-refractivity contribution is -0.158. The zero-order valence-electron chi connectivity index (χ0n) is 14.3. The third-order valence-corrected chi connectivity index (χ3v) is 5.90. The maximum atomic E-state index is 12.8. The minimum atomic E-state index is -0.790. The van der Waals surface area contributed by atoms with Gasteiger partial charge in [0.2, 0.25) is 5.91 Å². The number of nitrogens with one attached hydrogen (secondary N) is 1. The summed E-state index contributed by atoms with van der Waals surface area (Å²) in [5.41, 5.74) is 1.26. The van der Waals surface area contributed by atoms with Gasteiger partial charge in [-0.3, -0.25) is 9.59 Å². The summed E-state index contributed by atoms with van der Waals surface area (Å²) in [6, 6.07) is 10.3. The molecule has 4 nitrogen and oxygen atoms in total. The van der Waals surface area contributed by atoms with E-state index in [4.69, 9.17) is 0 Å². The van der Waals surface area contributed by atoms with Crippen molar-refractivity contribution in [2.45, 2.75) is 51.5 Å². The molecule has 0 spiro atoms. The van der Waals surface area contributed by atoms with Crippen molar-refractivity contribution in [2.24, 2.45) is 23.7 Å². The number of fused-ring (bicyclic) bond motifs is 3. The van der Waals surface area contributed by atoms with Gasteiger partial charge in [-0.2, -0.15) is 0 Å². The Hall–Kier alpha value is -1.84. The Balaban J connectivity index is 1.58. The fourth-order valence-electron chi connectivity index (χ4n) is 4.62. The summed E-state index contributed by atoms with van der Waals surface area (Å²) in [7, 11) is 0. The number of rotatable bonds is 6. The standard InChI is InChI=1S/C20H27NO3/c1-13(7-8-14-5-3-2-4-6-14)21-19(22)17-15-9-11-16(12-10-15)18(17)20(23)24/h2-6,13,15-18H,7-12H2,1H3,(H,21,22)(H,23,24)/t13-,15?,16?,17-,18-/m1/s1. The first-order chi connectivity index (χ1) is 11.6. The highest BCUT2D eigenvalue weighted by molar-refractivity contribution is 5.85. The molecule has 2 bridgehead atoms. The van der Waals surface area contributed by atoms with Gasteiger partial charge >= 0.3 is 5.97 Å². The molecule has 24 heavy (non-hydrogen) atoms. The quantitative estimate of drug-likeness (QED) is 0.842. The second-order valence-corrected chi connectivity index (χ2v) is 7.50. The van der Waals surface area contributed by atoms with Crippen molar-refractivity contribution in [2.75, 3.05) is 0 Å². The summed E-state index contributed by atoms with van der Waals surface area (Å²) >= 11 is 0. The van der Waals surface area contributed by atoms with Gasteiger partial charge in [-0.05, 0) is 62.8 Å². The van der Waals surface area contributed by atoms with Crippen molar-refractivity contribution < 1.29 is 14.7 Å². The van der Waals surface area contributed by atoms with Gasteiger partial charge in [0.05, 0.1) is 11.8 Å². The summed E-state index contributed by atoms with van der Waals surface area (Å²) in [6.07, 6.45) is 5.73. The molecule has 4 heteroatoms. The van der Waals surface area contributed by atoms with E-state index in [1.165, 1.54) is 5.56 Å². The van der Waals surface area contributed by atoms with Crippen molar-refractivity contribution in [3.05, 3.63) is 35.9 Å². The molecule has 0 saturated heterocycles. The summed E-state index contributed by atoms with van der Waals surface area (Å²) in [5.74, 6) is -1.23. The van der Waals surface area contributed by atoms with E-state index in [1.54, 1.807) is 0 Å². The van der Waals surface area contributed by atoms with Crippen LogP contribution >= 0.6 is 0 Å². The number of benzene rings is 1. The predicted octanol–water partition coefficient (Wildman–Crippen LogP) is 3.26. The SMILES string of the molecule is C[C@H](CCc1ccccc1)NC(=O)[C@@H]1C2CCC(CC2)[C@H]1C(=O)O. The molecule has 1 amide bonds. The maximum absolute atomic E-state index is 12.8. The van der Waals surface area contributed by atoms with E-state index < -0.39 is 11.9 Å². The molecule has 1 aromatic carbocycles. The maximum Gasteiger partial charge on any atom is 0.307 e. The molecule has 4 rings (SSSR count). The second kappa shape index (κ2) is 7.37. The van der Waals surface area contributed by atoms with Crippen molar-refractivity contribution in [3.63, 3.8) is 0 Å². The van der Waals surface area contributed by atoms with Crippen LogP contribution in [0, 0.1) is 23.7 Å². The van der Waals surface area contributed by atoms with E-state index >= 15 is 0 Å². The normalized spacial score (nSPS) is 29.9. The van der Waals surface area contributed by atoms with Gasteiger partial charge in [-0.1, -0.05) is 30.3 Å². The van der Waals surface area contributed by atoms with E-state index in [0.29, 0.717) is 0 Å². The zero-order valence-corrected chi connectivity index (χ0v) is 14.3. The molecule has 3 aliphatic rings. The van der Waals surface area contributed by atoms with Crippen molar-refractivity contribution in [1.29, 1.82) is 0 Å². The van der Waals surface area contributed by atoms with Gasteiger partial charge in [0.25, 0.3) is 0 Å². The second-order valence-electron chi connectivity index (χ2n) is 7.50. The largest absolute Gasteiger partial charge is 0.481 e. The van der Waals surface area contributed by atoms with Crippen LogP contribution in [0.5, 0.6) is 0 Å². The third kappa shape index (κ3) is 3.63. The number of aliphatic carboxylic acids is 1. The van der Waals surface area contributed by atoms with Crippen LogP contribution in [-0.2, 0) is 16.0 Å². The zero-order chi connectivity index (χ0) is 17.1. The molecule has 0 radical (unpaired) electrons.